The highest BCUT2D eigenvalue weighted by molar-refractivity contribution is 7.89. The number of carbonyl (C=O) groups is 1. The molecule has 0 heterocycles. The lowest BCUT2D eigenvalue weighted by atomic mass is 10.2. The second-order valence-electron chi connectivity index (χ2n) is 6.35. The molecule has 0 fully saturated rings. The molecule has 30 heavy (non-hydrogen) atoms. The molecular formula is C19H20ClF3N2O4S. The van der Waals surface area contributed by atoms with Gasteiger partial charge in [-0.05, 0) is 55.3 Å². The first-order valence-corrected chi connectivity index (χ1v) is 10.7. The van der Waals surface area contributed by atoms with E-state index in [1.807, 2.05) is 6.92 Å². The molecule has 2 N–H and O–H groups in total. The van der Waals surface area contributed by atoms with E-state index in [-0.39, 0.29) is 21.4 Å². The quantitative estimate of drug-likeness (QED) is 0.607. The van der Waals surface area contributed by atoms with Gasteiger partial charge in [-0.15, -0.1) is 0 Å². The zero-order valence-electron chi connectivity index (χ0n) is 16.1. The van der Waals surface area contributed by atoms with Crippen LogP contribution in [0.3, 0.4) is 0 Å². The average molecular weight is 465 g/mol. The SMILES string of the molecule is CCCNS(=O)(=O)c1ccc(OCC(=O)Nc2cc(C(F)(F)F)ccc2Cl)c(C)c1. The Kier molecular flexibility index (Phi) is 7.73. The number of aryl methyl sites for hydroxylation is 1. The van der Waals surface area contributed by atoms with Crippen LogP contribution in [0.5, 0.6) is 5.75 Å². The van der Waals surface area contributed by atoms with E-state index in [0.717, 1.165) is 18.2 Å². The standard InChI is InChI=1S/C19H20ClF3N2O4S/c1-3-8-24-30(27,28)14-5-7-17(12(2)9-14)29-11-18(26)25-16-10-13(19(21,22)23)4-6-15(16)20/h4-7,9-10,24H,3,8,11H2,1-2H3,(H,25,26). The Labute approximate surface area is 177 Å². The van der Waals surface area contributed by atoms with Crippen LogP contribution in [0.2, 0.25) is 5.02 Å². The third-order valence-electron chi connectivity index (χ3n) is 3.93. The highest BCUT2D eigenvalue weighted by Crippen LogP contribution is 2.33. The number of anilines is 1. The van der Waals surface area contributed by atoms with E-state index in [9.17, 15) is 26.4 Å². The number of hydrogen-bond donors (Lipinski definition) is 2. The fourth-order valence-electron chi connectivity index (χ4n) is 2.40. The normalized spacial score (nSPS) is 11.9. The van der Waals surface area contributed by atoms with Gasteiger partial charge in [0, 0.05) is 6.54 Å². The van der Waals surface area contributed by atoms with Crippen molar-refractivity contribution < 1.29 is 31.1 Å². The van der Waals surface area contributed by atoms with E-state index in [0.29, 0.717) is 18.5 Å². The van der Waals surface area contributed by atoms with Crippen LogP contribution in [0.15, 0.2) is 41.3 Å². The Balaban J connectivity index is 2.05. The van der Waals surface area contributed by atoms with Gasteiger partial charge in [-0.25, -0.2) is 13.1 Å². The van der Waals surface area contributed by atoms with Crippen LogP contribution >= 0.6 is 11.6 Å². The molecule has 11 heteroatoms. The Bertz CT molecular complexity index is 1030. The first-order valence-electron chi connectivity index (χ1n) is 8.83. The Hall–Kier alpha value is -2.30. The van der Waals surface area contributed by atoms with Crippen molar-refractivity contribution in [3.63, 3.8) is 0 Å². The molecule has 0 radical (unpaired) electrons. The fraction of sp³-hybridized carbons (Fsp3) is 0.316. The average Bonchev–Trinajstić information content (AvgIpc) is 2.66. The lowest BCUT2D eigenvalue weighted by molar-refractivity contribution is -0.137. The van der Waals surface area contributed by atoms with Gasteiger partial charge in [-0.3, -0.25) is 4.79 Å². The number of rotatable bonds is 8. The highest BCUT2D eigenvalue weighted by atomic mass is 35.5. The van der Waals surface area contributed by atoms with Crippen LogP contribution < -0.4 is 14.8 Å². The zero-order chi connectivity index (χ0) is 22.5. The van der Waals surface area contributed by atoms with Crippen LogP contribution in [0.1, 0.15) is 24.5 Å². The van der Waals surface area contributed by atoms with Crippen molar-refractivity contribution >= 4 is 33.2 Å². The third kappa shape index (κ3) is 6.35. The van der Waals surface area contributed by atoms with Crippen molar-refractivity contribution in [2.24, 2.45) is 0 Å². The number of sulfonamides is 1. The maximum Gasteiger partial charge on any atom is 0.416 e. The number of alkyl halides is 3. The zero-order valence-corrected chi connectivity index (χ0v) is 17.7. The third-order valence-corrected chi connectivity index (χ3v) is 5.71. The van der Waals surface area contributed by atoms with Gasteiger partial charge in [-0.2, -0.15) is 13.2 Å². The summed E-state index contributed by atoms with van der Waals surface area (Å²) in [5.41, 5.74) is -0.674. The van der Waals surface area contributed by atoms with Gasteiger partial charge in [0.15, 0.2) is 6.61 Å². The highest BCUT2D eigenvalue weighted by Gasteiger charge is 2.31. The van der Waals surface area contributed by atoms with Gasteiger partial charge in [0.05, 0.1) is 21.2 Å². The van der Waals surface area contributed by atoms with Gasteiger partial charge in [0.25, 0.3) is 5.91 Å². The maximum absolute atomic E-state index is 12.8. The molecule has 2 aromatic rings. The number of halogens is 4. The summed E-state index contributed by atoms with van der Waals surface area (Å²) in [5, 5.41) is 2.22. The summed E-state index contributed by atoms with van der Waals surface area (Å²) in [7, 11) is -3.65. The Morgan fingerprint density at radius 3 is 2.47 bits per heavy atom. The van der Waals surface area contributed by atoms with Crippen LogP contribution in [-0.4, -0.2) is 27.5 Å². The molecular weight excluding hydrogens is 445 g/mol. The molecule has 0 aliphatic heterocycles. The van der Waals surface area contributed by atoms with Crippen molar-refractivity contribution in [1.29, 1.82) is 0 Å². The monoisotopic (exact) mass is 464 g/mol. The molecule has 164 valence electrons. The van der Waals surface area contributed by atoms with Crippen molar-refractivity contribution in [3.05, 3.63) is 52.5 Å². The van der Waals surface area contributed by atoms with Crippen molar-refractivity contribution in [2.75, 3.05) is 18.5 Å². The Morgan fingerprint density at radius 1 is 1.17 bits per heavy atom. The summed E-state index contributed by atoms with van der Waals surface area (Å²) < 4.78 is 70.5. The number of nitrogens with one attached hydrogen (secondary N) is 2. The number of amides is 1. The number of hydrogen-bond acceptors (Lipinski definition) is 4. The molecule has 1 amide bonds. The van der Waals surface area contributed by atoms with Crippen LogP contribution in [-0.2, 0) is 21.0 Å². The lowest BCUT2D eigenvalue weighted by Gasteiger charge is -2.13. The predicted octanol–water partition coefficient (Wildman–Crippen LogP) is 4.37. The van der Waals surface area contributed by atoms with E-state index in [4.69, 9.17) is 16.3 Å². The van der Waals surface area contributed by atoms with E-state index >= 15 is 0 Å². The molecule has 0 saturated carbocycles. The van der Waals surface area contributed by atoms with Gasteiger partial charge in [-0.1, -0.05) is 18.5 Å². The summed E-state index contributed by atoms with van der Waals surface area (Å²) in [6, 6.07) is 6.71. The summed E-state index contributed by atoms with van der Waals surface area (Å²) in [6.45, 7) is 3.24. The molecule has 0 aliphatic carbocycles. The first kappa shape index (κ1) is 24.0. The smallest absolute Gasteiger partial charge is 0.416 e. The minimum absolute atomic E-state index is 0.0540. The molecule has 0 bridgehead atoms. The van der Waals surface area contributed by atoms with Crippen molar-refractivity contribution in [2.45, 2.75) is 31.3 Å². The van der Waals surface area contributed by atoms with Gasteiger partial charge < -0.3 is 10.1 Å². The summed E-state index contributed by atoms with van der Waals surface area (Å²) in [6.07, 6.45) is -3.93. The van der Waals surface area contributed by atoms with Gasteiger partial charge >= 0.3 is 6.18 Å². The van der Waals surface area contributed by atoms with E-state index in [2.05, 4.69) is 10.0 Å². The van der Waals surface area contributed by atoms with Gasteiger partial charge in [0.1, 0.15) is 5.75 Å². The molecule has 0 unspecified atom stereocenters. The fourth-order valence-corrected chi connectivity index (χ4v) is 3.78. The summed E-state index contributed by atoms with van der Waals surface area (Å²) in [5.74, 6) is -0.466. The van der Waals surface area contributed by atoms with Crippen molar-refractivity contribution in [1.82, 2.24) is 4.72 Å². The summed E-state index contributed by atoms with van der Waals surface area (Å²) in [4.78, 5) is 12.1. The Morgan fingerprint density at radius 2 is 1.87 bits per heavy atom. The minimum atomic E-state index is -4.58. The van der Waals surface area contributed by atoms with Gasteiger partial charge in [0.2, 0.25) is 10.0 Å². The molecule has 0 atom stereocenters. The maximum atomic E-state index is 12.8. The molecule has 0 saturated heterocycles. The molecule has 0 aromatic heterocycles. The second-order valence-corrected chi connectivity index (χ2v) is 8.53. The van der Waals surface area contributed by atoms with Crippen LogP contribution in [0.4, 0.5) is 18.9 Å². The van der Waals surface area contributed by atoms with Crippen LogP contribution in [0, 0.1) is 6.92 Å². The number of ether oxygens (including phenoxy) is 1. The van der Waals surface area contributed by atoms with Crippen LogP contribution in [0.25, 0.3) is 0 Å². The first-order chi connectivity index (χ1) is 13.9. The summed E-state index contributed by atoms with van der Waals surface area (Å²) >= 11 is 5.84. The molecule has 0 aliphatic rings. The minimum Gasteiger partial charge on any atom is -0.483 e. The molecule has 2 rings (SSSR count). The molecule has 2 aromatic carbocycles. The predicted molar refractivity (Wildman–Crippen MR) is 107 cm³/mol. The largest absolute Gasteiger partial charge is 0.483 e. The number of carbonyl (C=O) groups excluding carboxylic acids is 1. The second kappa shape index (κ2) is 9.67. The lowest BCUT2D eigenvalue weighted by Crippen LogP contribution is -2.24. The molecule has 6 nitrogen and oxygen atoms in total. The topological polar surface area (TPSA) is 84.5 Å². The van der Waals surface area contributed by atoms with E-state index in [1.54, 1.807) is 6.92 Å². The van der Waals surface area contributed by atoms with E-state index in [1.165, 1.54) is 18.2 Å². The van der Waals surface area contributed by atoms with E-state index < -0.39 is 34.3 Å². The molecule has 0 spiro atoms. The number of benzene rings is 2. The van der Waals surface area contributed by atoms with Crippen molar-refractivity contribution in [3.8, 4) is 5.75 Å².